The monoisotopic (exact) mass is 493 g/mol. The molecule has 0 saturated carbocycles. The van der Waals surface area contributed by atoms with E-state index in [4.69, 9.17) is 37.4 Å². The molecule has 3 rings (SSSR count). The number of methoxy groups -OCH3 is 2. The highest BCUT2D eigenvalue weighted by atomic mass is 35.5. The van der Waals surface area contributed by atoms with Crippen LogP contribution in [-0.2, 0) is 4.74 Å². The number of benzene rings is 2. The number of rotatable bonds is 7. The lowest BCUT2D eigenvalue weighted by molar-refractivity contribution is 0.0604. The van der Waals surface area contributed by atoms with Crippen molar-refractivity contribution in [2.75, 3.05) is 19.6 Å². The Balaban J connectivity index is 1.71. The first kappa shape index (κ1) is 23.5. The van der Waals surface area contributed by atoms with Gasteiger partial charge in [-0.1, -0.05) is 34.5 Å². The number of thiazole rings is 1. The first-order chi connectivity index (χ1) is 15.3. The average Bonchev–Trinajstić information content (AvgIpc) is 3.14. The van der Waals surface area contributed by atoms with Gasteiger partial charge in [0.05, 0.1) is 36.7 Å². The van der Waals surface area contributed by atoms with Crippen molar-refractivity contribution in [1.82, 2.24) is 4.98 Å². The van der Waals surface area contributed by atoms with E-state index < -0.39 is 11.9 Å². The van der Waals surface area contributed by atoms with E-state index in [1.165, 1.54) is 32.6 Å². The summed E-state index contributed by atoms with van der Waals surface area (Å²) in [4.78, 5) is 28.7. The highest BCUT2D eigenvalue weighted by Crippen LogP contribution is 2.30. The number of carbonyl (C=O) groups is 2. The molecule has 1 aromatic heterocycles. The van der Waals surface area contributed by atoms with E-state index in [0.29, 0.717) is 32.0 Å². The number of anilines is 1. The van der Waals surface area contributed by atoms with Gasteiger partial charge in [-0.05, 0) is 48.9 Å². The van der Waals surface area contributed by atoms with Crippen molar-refractivity contribution in [2.45, 2.75) is 6.92 Å². The van der Waals surface area contributed by atoms with Crippen molar-refractivity contribution < 1.29 is 23.8 Å². The number of carbonyl (C=O) groups excluding carboxylic acids is 2. The van der Waals surface area contributed by atoms with Crippen molar-refractivity contribution >= 4 is 57.8 Å². The minimum absolute atomic E-state index is 0.179. The number of aromatic nitrogens is 1. The van der Waals surface area contributed by atoms with Crippen molar-refractivity contribution in [1.29, 1.82) is 0 Å². The largest absolute Gasteiger partial charge is 0.493 e. The maximum Gasteiger partial charge on any atom is 0.350 e. The highest BCUT2D eigenvalue weighted by Gasteiger charge is 2.17. The third-order valence-corrected chi connectivity index (χ3v) is 5.67. The number of hydrogen-bond donors (Lipinski definition) is 1. The molecule has 0 radical (unpaired) electrons. The van der Waals surface area contributed by atoms with Gasteiger partial charge in [0.2, 0.25) is 5.13 Å². The van der Waals surface area contributed by atoms with Crippen LogP contribution in [0, 0.1) is 6.92 Å². The van der Waals surface area contributed by atoms with E-state index in [-0.39, 0.29) is 16.3 Å². The van der Waals surface area contributed by atoms with Crippen LogP contribution in [0.4, 0.5) is 5.13 Å². The highest BCUT2D eigenvalue weighted by molar-refractivity contribution is 7.17. The number of nitrogens with one attached hydrogen (secondary N) is 1. The fraction of sp³-hybridized carbons (Fsp3) is 0.143. The molecule has 1 heterocycles. The molecule has 8 nitrogen and oxygen atoms in total. The third-order valence-electron chi connectivity index (χ3n) is 4.08. The molecular formula is C21H17Cl2N3O5S. The Bertz CT molecular complexity index is 1200. The smallest absolute Gasteiger partial charge is 0.350 e. The lowest BCUT2D eigenvalue weighted by Gasteiger charge is -2.10. The molecule has 0 unspecified atom stereocenters. The van der Waals surface area contributed by atoms with E-state index >= 15 is 0 Å². The van der Waals surface area contributed by atoms with Crippen LogP contribution in [-0.4, -0.2) is 37.4 Å². The first-order valence-corrected chi connectivity index (χ1v) is 10.6. The van der Waals surface area contributed by atoms with Crippen molar-refractivity contribution in [3.05, 3.63) is 68.1 Å². The number of halogens is 2. The molecule has 0 atom stereocenters. The van der Waals surface area contributed by atoms with Gasteiger partial charge >= 0.3 is 11.9 Å². The molecule has 32 heavy (non-hydrogen) atoms. The van der Waals surface area contributed by atoms with Crippen molar-refractivity contribution in [3.8, 4) is 11.5 Å². The van der Waals surface area contributed by atoms with E-state index in [2.05, 4.69) is 15.5 Å². The molecule has 2 aromatic carbocycles. The zero-order valence-electron chi connectivity index (χ0n) is 17.1. The molecule has 0 amide bonds. The molecule has 0 aliphatic rings. The molecular weight excluding hydrogens is 477 g/mol. The maximum absolute atomic E-state index is 12.4. The van der Waals surface area contributed by atoms with Gasteiger partial charge in [-0.25, -0.2) is 14.6 Å². The van der Waals surface area contributed by atoms with Crippen molar-refractivity contribution in [2.24, 2.45) is 5.10 Å². The summed E-state index contributed by atoms with van der Waals surface area (Å²) in [5, 5.41) is 5.15. The summed E-state index contributed by atoms with van der Waals surface area (Å²) in [5.41, 5.74) is 4.16. The van der Waals surface area contributed by atoms with Crippen LogP contribution in [0.2, 0.25) is 10.0 Å². The summed E-state index contributed by atoms with van der Waals surface area (Å²) in [5.74, 6) is -0.558. The predicted octanol–water partition coefficient (Wildman–Crippen LogP) is 5.22. The zero-order valence-corrected chi connectivity index (χ0v) is 19.5. The second-order valence-corrected chi connectivity index (χ2v) is 8.06. The van der Waals surface area contributed by atoms with Crippen LogP contribution in [0.15, 0.2) is 41.5 Å². The quantitative estimate of drug-likeness (QED) is 0.208. The number of nitrogens with zero attached hydrogens (tertiary/aromatic N) is 2. The summed E-state index contributed by atoms with van der Waals surface area (Å²) >= 11 is 13.1. The fourth-order valence-corrected chi connectivity index (χ4v) is 3.87. The van der Waals surface area contributed by atoms with Gasteiger partial charge in [-0.15, -0.1) is 0 Å². The van der Waals surface area contributed by atoms with Gasteiger partial charge in [0.1, 0.15) is 4.88 Å². The molecule has 0 aliphatic heterocycles. The molecule has 0 fully saturated rings. The third kappa shape index (κ3) is 5.56. The van der Waals surface area contributed by atoms with Gasteiger partial charge < -0.3 is 14.2 Å². The number of aryl methyl sites for hydroxylation is 1. The Morgan fingerprint density at radius 1 is 1.09 bits per heavy atom. The Labute approximate surface area is 197 Å². The zero-order chi connectivity index (χ0) is 23.3. The Morgan fingerprint density at radius 3 is 2.56 bits per heavy atom. The number of ether oxygens (including phenoxy) is 3. The van der Waals surface area contributed by atoms with Gasteiger partial charge in [0.25, 0.3) is 0 Å². The summed E-state index contributed by atoms with van der Waals surface area (Å²) < 4.78 is 15.4. The van der Waals surface area contributed by atoms with Crippen LogP contribution in [0.3, 0.4) is 0 Å². The SMILES string of the molecule is COC(=O)c1sc(NN=Cc2ccc(OC(=O)c3ccc(Cl)cc3Cl)c(OC)c2)nc1C. The topological polar surface area (TPSA) is 99.1 Å². The normalized spacial score (nSPS) is 10.8. The number of hydrazone groups is 1. The van der Waals surface area contributed by atoms with Gasteiger partial charge in [-0.3, -0.25) is 5.43 Å². The molecule has 166 valence electrons. The van der Waals surface area contributed by atoms with Crippen LogP contribution in [0.5, 0.6) is 11.5 Å². The minimum atomic E-state index is -0.645. The lowest BCUT2D eigenvalue weighted by Crippen LogP contribution is -2.10. The minimum Gasteiger partial charge on any atom is -0.493 e. The van der Waals surface area contributed by atoms with Gasteiger partial charge in [0, 0.05) is 5.02 Å². The standard InChI is InChI=1S/C21H17Cl2N3O5S/c1-11-18(20(28)30-3)32-21(25-11)26-24-10-12-4-7-16(17(8-12)29-2)31-19(27)14-6-5-13(22)9-15(14)23/h4-10H,1-3H3,(H,25,26). The number of esters is 2. The Kier molecular flexibility index (Phi) is 7.68. The van der Waals surface area contributed by atoms with Crippen LogP contribution in [0.1, 0.15) is 31.3 Å². The maximum atomic E-state index is 12.4. The molecule has 11 heteroatoms. The van der Waals surface area contributed by atoms with E-state index in [1.807, 2.05) is 0 Å². The van der Waals surface area contributed by atoms with Crippen LogP contribution in [0.25, 0.3) is 0 Å². The molecule has 0 spiro atoms. The molecule has 1 N–H and O–H groups in total. The fourth-order valence-electron chi connectivity index (χ4n) is 2.55. The van der Waals surface area contributed by atoms with Crippen LogP contribution >= 0.6 is 34.5 Å². The predicted molar refractivity (Wildman–Crippen MR) is 124 cm³/mol. The summed E-state index contributed by atoms with van der Waals surface area (Å²) in [6.45, 7) is 1.71. The second-order valence-electron chi connectivity index (χ2n) is 6.22. The first-order valence-electron chi connectivity index (χ1n) is 9.02. The van der Waals surface area contributed by atoms with E-state index in [1.54, 1.807) is 31.2 Å². The molecule has 0 saturated heterocycles. The molecule has 3 aromatic rings. The van der Waals surface area contributed by atoms with Gasteiger partial charge in [0.15, 0.2) is 11.5 Å². The van der Waals surface area contributed by atoms with Crippen LogP contribution < -0.4 is 14.9 Å². The van der Waals surface area contributed by atoms with Gasteiger partial charge in [-0.2, -0.15) is 5.10 Å². The summed E-state index contributed by atoms with van der Waals surface area (Å²) in [6, 6.07) is 9.40. The van der Waals surface area contributed by atoms with E-state index in [0.717, 1.165) is 11.3 Å². The van der Waals surface area contributed by atoms with Crippen molar-refractivity contribution in [3.63, 3.8) is 0 Å². The Hall–Kier alpha value is -3.14. The second kappa shape index (κ2) is 10.4. The molecule has 0 bridgehead atoms. The summed E-state index contributed by atoms with van der Waals surface area (Å²) in [6.07, 6.45) is 1.53. The summed E-state index contributed by atoms with van der Waals surface area (Å²) in [7, 11) is 2.76. The Morgan fingerprint density at radius 2 is 1.88 bits per heavy atom. The van der Waals surface area contributed by atoms with E-state index in [9.17, 15) is 9.59 Å². The molecule has 0 aliphatic carbocycles. The lowest BCUT2D eigenvalue weighted by atomic mass is 10.2. The number of hydrogen-bond acceptors (Lipinski definition) is 9. The average molecular weight is 494 g/mol.